The van der Waals surface area contributed by atoms with Crippen molar-refractivity contribution in [3.05, 3.63) is 53.5 Å². The molecule has 1 aliphatic rings. The maximum Gasteiger partial charge on any atom is 0.573 e. The van der Waals surface area contributed by atoms with E-state index in [0.29, 0.717) is 25.3 Å². The van der Waals surface area contributed by atoms with Crippen LogP contribution in [0.25, 0.3) is 0 Å². The number of nitrogens with one attached hydrogen (secondary N) is 1. The van der Waals surface area contributed by atoms with Gasteiger partial charge in [-0.15, -0.1) is 37.1 Å². The smallest absolute Gasteiger partial charge is 0.465 e. The van der Waals surface area contributed by atoms with Gasteiger partial charge in [-0.2, -0.15) is 0 Å². The Hall–Kier alpha value is -1.99. The van der Waals surface area contributed by atoms with Gasteiger partial charge in [-0.3, -0.25) is 4.90 Å². The standard InChI is InChI=1S/C20H25F3N4O3.HI/c1-14-2-7-18(29-14)17(27-8-10-28-11-9-27)13-26-19(24)25-12-15-3-5-16(6-4-15)30-20(21,22)23;/h2-7,17H,8-13H2,1H3,(H3,24,25,26);1H. The van der Waals surface area contributed by atoms with Gasteiger partial charge in [0.1, 0.15) is 17.3 Å². The summed E-state index contributed by atoms with van der Waals surface area (Å²) in [6, 6.07) is 9.38. The van der Waals surface area contributed by atoms with Crippen molar-refractivity contribution in [2.45, 2.75) is 25.9 Å². The lowest BCUT2D eigenvalue weighted by molar-refractivity contribution is -0.274. The molecule has 31 heavy (non-hydrogen) atoms. The van der Waals surface area contributed by atoms with Gasteiger partial charge in [0.25, 0.3) is 0 Å². The monoisotopic (exact) mass is 554 g/mol. The Morgan fingerprint density at radius 2 is 1.87 bits per heavy atom. The third kappa shape index (κ3) is 8.22. The molecular weight excluding hydrogens is 528 g/mol. The average molecular weight is 554 g/mol. The van der Waals surface area contributed by atoms with Crippen LogP contribution in [0.2, 0.25) is 0 Å². The van der Waals surface area contributed by atoms with Crippen LogP contribution < -0.4 is 15.8 Å². The van der Waals surface area contributed by atoms with Crippen molar-refractivity contribution in [1.29, 1.82) is 0 Å². The highest BCUT2D eigenvalue weighted by Crippen LogP contribution is 2.24. The van der Waals surface area contributed by atoms with Crippen LogP contribution in [0, 0.1) is 6.92 Å². The minimum atomic E-state index is -4.71. The number of aliphatic imine (C=N–C) groups is 1. The summed E-state index contributed by atoms with van der Waals surface area (Å²) < 4.78 is 51.7. The Bertz CT molecular complexity index is 837. The molecule has 1 aromatic heterocycles. The minimum Gasteiger partial charge on any atom is -0.465 e. The molecule has 3 rings (SSSR count). The fourth-order valence-corrected chi connectivity index (χ4v) is 3.16. The van der Waals surface area contributed by atoms with Gasteiger partial charge in [0, 0.05) is 19.6 Å². The van der Waals surface area contributed by atoms with Gasteiger partial charge in [0.05, 0.1) is 25.8 Å². The van der Waals surface area contributed by atoms with Crippen LogP contribution >= 0.6 is 24.0 Å². The van der Waals surface area contributed by atoms with E-state index in [4.69, 9.17) is 14.9 Å². The SMILES string of the molecule is Cc1ccc(C(CNC(N)=NCc2ccc(OC(F)(F)F)cc2)N2CCOCC2)o1.I. The number of morpholine rings is 1. The van der Waals surface area contributed by atoms with Crippen molar-refractivity contribution < 1.29 is 27.1 Å². The van der Waals surface area contributed by atoms with Crippen molar-refractivity contribution in [3.8, 4) is 5.75 Å². The van der Waals surface area contributed by atoms with Gasteiger partial charge in [-0.25, -0.2) is 4.99 Å². The van der Waals surface area contributed by atoms with Gasteiger partial charge in [0.2, 0.25) is 0 Å². The Labute approximate surface area is 195 Å². The Kier molecular flexibility index (Phi) is 9.44. The molecule has 2 aromatic rings. The van der Waals surface area contributed by atoms with Gasteiger partial charge < -0.3 is 24.9 Å². The molecule has 0 aliphatic carbocycles. The van der Waals surface area contributed by atoms with Crippen LogP contribution in [0.1, 0.15) is 23.1 Å². The third-order valence-electron chi connectivity index (χ3n) is 4.64. The number of guanidine groups is 1. The molecule has 1 fully saturated rings. The predicted molar refractivity (Wildman–Crippen MR) is 120 cm³/mol. The summed E-state index contributed by atoms with van der Waals surface area (Å²) in [7, 11) is 0. The second-order valence-corrected chi connectivity index (χ2v) is 6.89. The lowest BCUT2D eigenvalue weighted by atomic mass is 10.1. The molecular formula is C20H26F3IN4O3. The van der Waals surface area contributed by atoms with E-state index >= 15 is 0 Å². The number of ether oxygens (including phenoxy) is 2. The number of benzene rings is 1. The first-order valence-electron chi connectivity index (χ1n) is 9.57. The molecule has 172 valence electrons. The van der Waals surface area contributed by atoms with Crippen LogP contribution in [-0.2, 0) is 11.3 Å². The second-order valence-electron chi connectivity index (χ2n) is 6.89. The quantitative estimate of drug-likeness (QED) is 0.310. The highest BCUT2D eigenvalue weighted by atomic mass is 127. The number of nitrogens with zero attached hydrogens (tertiary/aromatic N) is 2. The van der Waals surface area contributed by atoms with E-state index in [0.717, 1.165) is 24.6 Å². The zero-order valence-corrected chi connectivity index (χ0v) is 19.4. The minimum absolute atomic E-state index is 0. The Balaban J connectivity index is 0.00000341. The van der Waals surface area contributed by atoms with Crippen molar-refractivity contribution in [1.82, 2.24) is 10.2 Å². The molecule has 0 spiro atoms. The first-order chi connectivity index (χ1) is 14.3. The Morgan fingerprint density at radius 3 is 2.45 bits per heavy atom. The summed E-state index contributed by atoms with van der Waals surface area (Å²) in [4.78, 5) is 6.53. The summed E-state index contributed by atoms with van der Waals surface area (Å²) in [5.41, 5.74) is 6.70. The number of hydrogen-bond donors (Lipinski definition) is 2. The van der Waals surface area contributed by atoms with Crippen LogP contribution in [0.5, 0.6) is 5.75 Å². The molecule has 1 unspecified atom stereocenters. The van der Waals surface area contributed by atoms with E-state index in [1.807, 2.05) is 19.1 Å². The number of hydrogen-bond acceptors (Lipinski definition) is 5. The van der Waals surface area contributed by atoms with Crippen molar-refractivity contribution in [2.24, 2.45) is 10.7 Å². The fourth-order valence-electron chi connectivity index (χ4n) is 3.16. The van der Waals surface area contributed by atoms with Crippen LogP contribution in [0.4, 0.5) is 13.2 Å². The normalized spacial score (nSPS) is 16.5. The zero-order valence-electron chi connectivity index (χ0n) is 17.0. The van der Waals surface area contributed by atoms with E-state index in [2.05, 4.69) is 19.9 Å². The molecule has 0 amide bonds. The molecule has 0 radical (unpaired) electrons. The molecule has 0 saturated carbocycles. The molecule has 2 heterocycles. The number of alkyl halides is 3. The molecule has 1 aromatic carbocycles. The Morgan fingerprint density at radius 1 is 1.19 bits per heavy atom. The lowest BCUT2D eigenvalue weighted by Crippen LogP contribution is -2.45. The van der Waals surface area contributed by atoms with Gasteiger partial charge >= 0.3 is 6.36 Å². The summed E-state index contributed by atoms with van der Waals surface area (Å²) in [6.07, 6.45) is -4.71. The van der Waals surface area contributed by atoms with E-state index in [-0.39, 0.29) is 48.3 Å². The van der Waals surface area contributed by atoms with E-state index in [1.165, 1.54) is 24.3 Å². The first-order valence-corrected chi connectivity index (χ1v) is 9.57. The van der Waals surface area contributed by atoms with Gasteiger partial charge in [-0.05, 0) is 36.8 Å². The maximum absolute atomic E-state index is 12.2. The van der Waals surface area contributed by atoms with E-state index in [1.54, 1.807) is 0 Å². The second kappa shape index (κ2) is 11.6. The first kappa shape index (κ1) is 25.3. The summed E-state index contributed by atoms with van der Waals surface area (Å²) >= 11 is 0. The van der Waals surface area contributed by atoms with Gasteiger partial charge in [0.15, 0.2) is 5.96 Å². The van der Waals surface area contributed by atoms with Crippen LogP contribution in [0.3, 0.4) is 0 Å². The van der Waals surface area contributed by atoms with Crippen molar-refractivity contribution in [3.63, 3.8) is 0 Å². The number of furan rings is 1. The molecule has 0 bridgehead atoms. The summed E-state index contributed by atoms with van der Waals surface area (Å²) in [6.45, 7) is 5.52. The molecule has 3 N–H and O–H groups in total. The van der Waals surface area contributed by atoms with Crippen molar-refractivity contribution >= 4 is 29.9 Å². The summed E-state index contributed by atoms with van der Waals surface area (Å²) in [5.74, 6) is 1.65. The largest absolute Gasteiger partial charge is 0.573 e. The highest BCUT2D eigenvalue weighted by molar-refractivity contribution is 14.0. The van der Waals surface area contributed by atoms with Crippen LogP contribution in [-0.4, -0.2) is 50.1 Å². The zero-order chi connectivity index (χ0) is 21.6. The number of rotatable bonds is 7. The van der Waals surface area contributed by atoms with Gasteiger partial charge in [-0.1, -0.05) is 12.1 Å². The molecule has 1 atom stereocenters. The van der Waals surface area contributed by atoms with E-state index in [9.17, 15) is 13.2 Å². The maximum atomic E-state index is 12.2. The molecule has 1 aliphatic heterocycles. The average Bonchev–Trinajstić information content (AvgIpc) is 3.13. The number of nitrogens with two attached hydrogens (primary N) is 1. The third-order valence-corrected chi connectivity index (χ3v) is 4.64. The van der Waals surface area contributed by atoms with E-state index < -0.39 is 6.36 Å². The molecule has 7 nitrogen and oxygen atoms in total. The fraction of sp³-hybridized carbons (Fsp3) is 0.450. The molecule has 11 heteroatoms. The number of aryl methyl sites for hydroxylation is 1. The van der Waals surface area contributed by atoms with Crippen molar-refractivity contribution in [2.75, 3.05) is 32.8 Å². The lowest BCUT2D eigenvalue weighted by Gasteiger charge is -2.33. The molecule has 1 saturated heterocycles. The number of halogens is 4. The predicted octanol–water partition coefficient (Wildman–Crippen LogP) is 3.58. The highest BCUT2D eigenvalue weighted by Gasteiger charge is 2.31. The summed E-state index contributed by atoms with van der Waals surface area (Å²) in [5, 5.41) is 3.11. The topological polar surface area (TPSA) is 85.2 Å². The van der Waals surface area contributed by atoms with Crippen LogP contribution in [0.15, 0.2) is 45.8 Å².